The molecule has 0 bridgehead atoms. The molecular weight excluding hydrogens is 2120 g/mol. The number of carbonyl (C=O) groups excluding carboxylic acids is 12. The average Bonchev–Trinajstić information content (AvgIpc) is 1.25. The minimum atomic E-state index is -3.83. The van der Waals surface area contributed by atoms with Gasteiger partial charge >= 0.3 is 0 Å². The number of aryl methyl sites for hydroxylation is 9. The van der Waals surface area contributed by atoms with Crippen molar-refractivity contribution in [2.45, 2.75) is 126 Å². The summed E-state index contributed by atoms with van der Waals surface area (Å²) in [5, 5.41) is 3.35. The van der Waals surface area contributed by atoms with Gasteiger partial charge < -0.3 is 13.5 Å². The normalized spacial score (nSPS) is 11.2. The molecule has 0 unspecified atom stereocenters. The number of imidazole rings is 1. The second-order valence-electron chi connectivity index (χ2n) is 30.3. The lowest BCUT2D eigenvalue weighted by atomic mass is 10.1. The first-order chi connectivity index (χ1) is 67.4. The fourth-order valence-electron chi connectivity index (χ4n) is 11.6. The zero-order valence-electron chi connectivity index (χ0n) is 79.8. The predicted octanol–water partition coefficient (Wildman–Crippen LogP) is 15.8. The summed E-state index contributed by atoms with van der Waals surface area (Å²) >= 11 is 6.74. The number of hydrogen-bond acceptors (Lipinski definition) is 38. The number of carbonyl (C=O) groups is 12. The zero-order valence-corrected chi connectivity index (χ0v) is 90.5. The van der Waals surface area contributed by atoms with Gasteiger partial charge in [0.2, 0.25) is 0 Å². The Kier molecular flexibility index (Phi) is 44.4. The van der Waals surface area contributed by atoms with E-state index in [0.29, 0.717) is 95.6 Å². The van der Waals surface area contributed by atoms with Gasteiger partial charge in [0.1, 0.15) is 27.9 Å². The molecule has 0 amide bonds. The van der Waals surface area contributed by atoms with E-state index in [0.717, 1.165) is 91.8 Å². The highest BCUT2D eigenvalue weighted by molar-refractivity contribution is 8.15. The van der Waals surface area contributed by atoms with Gasteiger partial charge in [0.15, 0.2) is 95.3 Å². The van der Waals surface area contributed by atoms with Crippen molar-refractivity contribution in [3.8, 4) is 0 Å². The molecule has 5 N–H and O–H groups in total. The molecule has 0 saturated carbocycles. The standard InChI is InChI=1S/C17H18N2O4S2.C16H17NO5S2.C15H17N3O4S2.C15H16N2O5S2.C15H16N2O4S3.C15H14N2O4S2/c1-12-4-9-17(18-10-12)25(22,23)19(3)15-7-5-14(6-8-15)16(21)11-24-13(2)20;1-10-8-16(11(2)22-10)24(20,21)17-14-6-4-13(5-7-14)15(19)9-23-12(3)18;1-10-16-15(8-18(10)3)24(21,22)17-13-6-4-12(5-7-13)14(20)9-23-11(2)19;1-9-15(10(2)22-16-9)24(20,21)17-13-6-4-12(5-7-13)14(19)8-23-11(3)18;1-9-15(23-10(2)16-9)24(20,21)17-13-6-4-12(5-7-13)14(19)8-22-11(3)18;1-11(18)22-10-14(19)12-5-7-13(8-6-12)17-23(20,21)15-4-2-3-9-16-15/h4-10H,11H2,1-3H3;2*4-8,17H,9H2,1-3H3;2*4-7,17H,8H2,1-3H3;2-9,17H,10H2,1H3. The van der Waals surface area contributed by atoms with Crippen molar-refractivity contribution in [1.82, 2.24) is 29.7 Å². The smallest absolute Gasteiger partial charge is 0.281 e. The van der Waals surface area contributed by atoms with Gasteiger partial charge in [-0.3, -0.25) is 85.5 Å². The molecule has 38 nitrogen and oxygen atoms in total. The highest BCUT2D eigenvalue weighted by Gasteiger charge is 2.29. The molecule has 0 saturated heterocycles. The van der Waals surface area contributed by atoms with E-state index in [2.05, 4.69) is 48.7 Å². The summed E-state index contributed by atoms with van der Waals surface area (Å²) in [6.07, 6.45) is 4.31. The Labute approximate surface area is 862 Å². The summed E-state index contributed by atoms with van der Waals surface area (Å²) < 4.78 is 173. The molecule has 144 heavy (non-hydrogen) atoms. The van der Waals surface area contributed by atoms with E-state index in [1.54, 1.807) is 95.6 Å². The first-order valence-corrected chi connectivity index (χ1v) is 57.5. The van der Waals surface area contributed by atoms with Crippen LogP contribution in [0.25, 0.3) is 0 Å². The van der Waals surface area contributed by atoms with Crippen LogP contribution in [0.3, 0.4) is 0 Å². The fourth-order valence-corrected chi connectivity index (χ4v) is 23.0. The van der Waals surface area contributed by atoms with Gasteiger partial charge in [-0.15, -0.1) is 11.3 Å². The van der Waals surface area contributed by atoms with Crippen molar-refractivity contribution in [3.05, 3.63) is 279 Å². The van der Waals surface area contributed by atoms with Crippen molar-refractivity contribution in [1.29, 1.82) is 0 Å². The number of thioether (sulfide) groups is 6. The molecule has 0 aliphatic carbocycles. The molecule has 0 fully saturated rings. The molecular formula is C93H98N12O26S13. The molecule has 0 aliphatic rings. The van der Waals surface area contributed by atoms with E-state index >= 15 is 0 Å². The molecule has 764 valence electrons. The molecule has 12 rings (SSSR count). The van der Waals surface area contributed by atoms with E-state index < -0.39 is 60.1 Å². The van der Waals surface area contributed by atoms with Crippen molar-refractivity contribution >= 4 is 242 Å². The summed E-state index contributed by atoms with van der Waals surface area (Å²) in [5.41, 5.74) is 6.18. The Morgan fingerprint density at radius 3 is 1.00 bits per heavy atom. The summed E-state index contributed by atoms with van der Waals surface area (Å²) in [4.78, 5) is 153. The van der Waals surface area contributed by atoms with Crippen LogP contribution in [0.1, 0.15) is 149 Å². The minimum Gasteiger partial charge on any atom is -0.465 e. The number of furan rings is 1. The van der Waals surface area contributed by atoms with Crippen molar-refractivity contribution in [2.24, 2.45) is 7.05 Å². The van der Waals surface area contributed by atoms with Gasteiger partial charge in [-0.05, 0) is 225 Å². The number of anilines is 6. The highest BCUT2D eigenvalue weighted by atomic mass is 32.3. The number of thiazole rings is 1. The van der Waals surface area contributed by atoms with Crippen LogP contribution in [0, 0.1) is 55.4 Å². The van der Waals surface area contributed by atoms with E-state index in [1.807, 2.05) is 6.92 Å². The first kappa shape index (κ1) is 119. The first-order valence-electron chi connectivity index (χ1n) is 41.9. The molecule has 51 heteroatoms. The van der Waals surface area contributed by atoms with Gasteiger partial charge in [-0.2, -0.15) is 25.3 Å². The number of nitrogens with one attached hydrogen (secondary N) is 5. The van der Waals surface area contributed by atoms with E-state index in [1.165, 1.54) is 214 Å². The van der Waals surface area contributed by atoms with Gasteiger partial charge in [0, 0.05) is 142 Å². The Balaban J connectivity index is 0.000000234. The Bertz CT molecular complexity index is 7250. The number of Topliss-reactive ketones (excluding diaryl/α,β-unsaturated/α-hetero) is 6. The molecule has 0 atom stereocenters. The maximum Gasteiger partial charge on any atom is 0.281 e. The van der Waals surface area contributed by atoms with Crippen LogP contribution < -0.4 is 27.9 Å². The number of rotatable bonds is 36. The third kappa shape index (κ3) is 37.3. The predicted molar refractivity (Wildman–Crippen MR) is 560 cm³/mol. The maximum atomic E-state index is 12.6. The Hall–Kier alpha value is -12.4. The third-order valence-corrected chi connectivity index (χ3v) is 34.0. The topological polar surface area (TPSA) is 569 Å². The average molecular weight is 2220 g/mol. The largest absolute Gasteiger partial charge is 0.465 e. The fraction of sp³-hybridized carbons (Fsp3) is 0.237. The van der Waals surface area contributed by atoms with Gasteiger partial charge in [-0.1, -0.05) is 87.9 Å². The minimum absolute atomic E-state index is 0.000473. The molecule has 0 aliphatic heterocycles. The number of nitrogens with zero attached hydrogens (tertiary/aromatic N) is 7. The number of sulfonamides is 6. The molecule has 6 aromatic heterocycles. The molecule has 6 heterocycles. The van der Waals surface area contributed by atoms with Crippen LogP contribution in [0.15, 0.2) is 239 Å². The van der Waals surface area contributed by atoms with E-state index in [4.69, 9.17) is 8.94 Å². The van der Waals surface area contributed by atoms with Crippen LogP contribution in [0.5, 0.6) is 0 Å². The van der Waals surface area contributed by atoms with Crippen molar-refractivity contribution in [3.63, 3.8) is 0 Å². The molecule has 0 radical (unpaired) electrons. The van der Waals surface area contributed by atoms with Crippen LogP contribution >= 0.6 is 81.9 Å². The zero-order chi connectivity index (χ0) is 107. The van der Waals surface area contributed by atoms with E-state index in [9.17, 15) is 108 Å². The second-order valence-corrected chi connectivity index (χ2v) is 48.7. The molecule has 6 aromatic carbocycles. The second kappa shape index (κ2) is 54.0. The molecule has 0 spiro atoms. The van der Waals surface area contributed by atoms with Crippen LogP contribution in [0.2, 0.25) is 0 Å². The maximum absolute atomic E-state index is 12.6. The SMILES string of the molecule is CC(=O)SCC(=O)c1ccc(N(C)S(=O)(=O)c2ccc(C)cn2)cc1.CC(=O)SCC(=O)c1ccc(NS(=O)(=O)c2c(C)noc2C)cc1.CC(=O)SCC(=O)c1ccc(NS(=O)(=O)c2cc(C)oc2C)cc1.CC(=O)SCC(=O)c1ccc(NS(=O)(=O)c2ccccn2)cc1.CC(=O)SCC(=O)c1ccc(NS(=O)(=O)c2cn(C)c(C)n2)cc1.CC(=O)SCC(=O)c1ccc(NS(=O)(=O)c2sc(C)nc2C)cc1. The Morgan fingerprint density at radius 2 is 0.715 bits per heavy atom. The number of hydrogen-bond donors (Lipinski definition) is 5. The van der Waals surface area contributed by atoms with Gasteiger partial charge in [0.25, 0.3) is 60.1 Å². The third-order valence-electron chi connectivity index (χ3n) is 18.7. The lowest BCUT2D eigenvalue weighted by molar-refractivity contribution is -0.109. The van der Waals surface area contributed by atoms with Crippen LogP contribution in [-0.4, -0.2) is 187 Å². The summed E-state index contributed by atoms with van der Waals surface area (Å²) in [5.74, 6) is 0.856. The number of benzene rings is 6. The summed E-state index contributed by atoms with van der Waals surface area (Å²) in [6.45, 7) is 21.6. The van der Waals surface area contributed by atoms with Crippen LogP contribution in [-0.2, 0) is 96.0 Å². The lowest BCUT2D eigenvalue weighted by Crippen LogP contribution is -2.27. The lowest BCUT2D eigenvalue weighted by Gasteiger charge is -2.19. The number of aromatic nitrogens is 6. The monoisotopic (exact) mass is 2210 g/mol. The Morgan fingerprint density at radius 1 is 0.375 bits per heavy atom. The van der Waals surface area contributed by atoms with E-state index in [-0.39, 0.29) is 140 Å². The number of pyridine rings is 2. The number of ketones is 6. The van der Waals surface area contributed by atoms with Crippen LogP contribution in [0.4, 0.5) is 34.1 Å². The molecule has 12 aromatic rings. The van der Waals surface area contributed by atoms with Crippen molar-refractivity contribution in [2.75, 3.05) is 69.5 Å². The summed E-state index contributed by atoms with van der Waals surface area (Å²) in [7, 11) is -19.5. The van der Waals surface area contributed by atoms with Crippen molar-refractivity contribution < 1.29 is 117 Å². The highest BCUT2D eigenvalue weighted by Crippen LogP contribution is 2.31. The quantitative estimate of drug-likeness (QED) is 0.0228. The van der Waals surface area contributed by atoms with Gasteiger partial charge in [-0.25, -0.2) is 45.2 Å². The van der Waals surface area contributed by atoms with Gasteiger partial charge in [0.05, 0.1) is 50.9 Å². The summed E-state index contributed by atoms with van der Waals surface area (Å²) in [6, 6.07) is 45.6.